The summed E-state index contributed by atoms with van der Waals surface area (Å²) >= 11 is 0. The van der Waals surface area contributed by atoms with Gasteiger partial charge in [-0.05, 0) is 41.4 Å². The largest absolute Gasteiger partial charge is 0.419 e. The van der Waals surface area contributed by atoms with Crippen molar-refractivity contribution in [2.75, 3.05) is 24.7 Å². The van der Waals surface area contributed by atoms with Gasteiger partial charge in [0.05, 0.1) is 23.2 Å². The summed E-state index contributed by atoms with van der Waals surface area (Å²) in [7, 11) is -3.29. The van der Waals surface area contributed by atoms with Crippen LogP contribution in [-0.2, 0) is 16.2 Å². The molecule has 0 spiro atoms. The first kappa shape index (κ1) is 23.7. The van der Waals surface area contributed by atoms with Crippen LogP contribution in [0.3, 0.4) is 0 Å². The van der Waals surface area contributed by atoms with Crippen molar-refractivity contribution in [3.63, 3.8) is 0 Å². The fraction of sp³-hybridized carbons (Fsp3) is 0.471. The second-order valence-electron chi connectivity index (χ2n) is 6.38. The molecule has 1 aromatic carbocycles. The first-order chi connectivity index (χ1) is 14.0. The zero-order chi connectivity index (χ0) is 22.4. The monoisotopic (exact) mass is 451 g/mol. The maximum Gasteiger partial charge on any atom is 0.419 e. The van der Waals surface area contributed by atoms with Crippen LogP contribution in [0, 0.1) is 5.82 Å². The molecule has 0 bridgehead atoms. The fourth-order valence-corrected chi connectivity index (χ4v) is 2.98. The molecular weight excluding hydrogens is 430 g/mol. The Morgan fingerprint density at radius 2 is 1.97 bits per heavy atom. The molecule has 2 N–H and O–H groups in total. The van der Waals surface area contributed by atoms with Gasteiger partial charge in [-0.15, -0.1) is 0 Å². The van der Waals surface area contributed by atoms with Crippen molar-refractivity contribution in [3.8, 4) is 0 Å². The van der Waals surface area contributed by atoms with Crippen LogP contribution in [0.4, 0.5) is 29.1 Å². The minimum Gasteiger partial charge on any atom is -0.365 e. The highest BCUT2D eigenvalue weighted by atomic mass is 32.2. The number of anilines is 1. The molecule has 0 aliphatic heterocycles. The average molecular weight is 451 g/mol. The molecule has 0 atom stereocenters. The molecule has 0 saturated carbocycles. The highest BCUT2D eigenvalue weighted by Gasteiger charge is 2.34. The van der Waals surface area contributed by atoms with Crippen LogP contribution in [0.2, 0.25) is 0 Å². The molecule has 13 heteroatoms. The first-order valence-corrected chi connectivity index (χ1v) is 10.9. The number of rotatable bonds is 10. The fourth-order valence-electron chi connectivity index (χ4n) is 2.47. The van der Waals surface area contributed by atoms with Crippen LogP contribution in [0.25, 0.3) is 0 Å². The van der Waals surface area contributed by atoms with Crippen LogP contribution in [0.5, 0.6) is 0 Å². The Hall–Kier alpha value is -2.54. The number of sulfonamides is 1. The van der Waals surface area contributed by atoms with Crippen LogP contribution < -0.4 is 10.0 Å². The van der Waals surface area contributed by atoms with Gasteiger partial charge in [-0.25, -0.2) is 22.2 Å². The van der Waals surface area contributed by atoms with Crippen molar-refractivity contribution in [2.24, 2.45) is 4.99 Å². The van der Waals surface area contributed by atoms with E-state index in [9.17, 15) is 26.0 Å². The van der Waals surface area contributed by atoms with Gasteiger partial charge in [-0.1, -0.05) is 13.3 Å². The lowest BCUT2D eigenvalue weighted by atomic mass is 10.1. The molecule has 0 aliphatic rings. The number of halogens is 4. The highest BCUT2D eigenvalue weighted by Crippen LogP contribution is 2.34. The topological polar surface area (TPSA) is 109 Å². The third-order valence-electron chi connectivity index (χ3n) is 3.78. The molecule has 0 radical (unpaired) electrons. The Kier molecular flexibility index (Phi) is 7.89. The summed E-state index contributed by atoms with van der Waals surface area (Å²) in [4.78, 5) is 4.20. The number of hydrogen-bond donors (Lipinski definition) is 2. The molecule has 0 fully saturated rings. The number of alkyl halides is 3. The van der Waals surface area contributed by atoms with Crippen molar-refractivity contribution in [2.45, 2.75) is 32.4 Å². The maximum absolute atomic E-state index is 13.5. The minimum absolute atomic E-state index is 0.0847. The summed E-state index contributed by atoms with van der Waals surface area (Å²) in [5.74, 6) is -1.16. The number of nitrogens with zero attached hydrogens (tertiary/aromatic N) is 3. The number of nitrogens with one attached hydrogen (secondary N) is 2. The van der Waals surface area contributed by atoms with Crippen LogP contribution >= 0.6 is 0 Å². The number of aromatic nitrogens is 2. The normalized spacial score (nSPS) is 12.9. The third kappa shape index (κ3) is 7.06. The Labute approximate surface area is 170 Å². The molecule has 1 aromatic heterocycles. The second kappa shape index (κ2) is 9.98. The van der Waals surface area contributed by atoms with Gasteiger partial charge in [-0.2, -0.15) is 13.2 Å². The molecule has 166 valence electrons. The molecule has 2 rings (SSSR count). The minimum atomic E-state index is -4.84. The van der Waals surface area contributed by atoms with Gasteiger partial charge >= 0.3 is 6.18 Å². The van der Waals surface area contributed by atoms with Crippen LogP contribution in [0.15, 0.2) is 27.8 Å². The Morgan fingerprint density at radius 1 is 1.23 bits per heavy atom. The van der Waals surface area contributed by atoms with Crippen LogP contribution in [-0.4, -0.2) is 43.8 Å². The molecule has 2 aromatic rings. The molecule has 8 nitrogen and oxygen atoms in total. The molecule has 30 heavy (non-hydrogen) atoms. The first-order valence-electron chi connectivity index (χ1n) is 8.97. The van der Waals surface area contributed by atoms with Gasteiger partial charge in [0.25, 0.3) is 0 Å². The maximum atomic E-state index is 13.5. The lowest BCUT2D eigenvalue weighted by molar-refractivity contribution is -0.139. The van der Waals surface area contributed by atoms with Crippen molar-refractivity contribution >= 4 is 27.2 Å². The van der Waals surface area contributed by atoms with Gasteiger partial charge in [-0.3, -0.25) is 4.99 Å². The standard InChI is InChI=1S/C17H21F4N5O3S/c1-3-5-14(24-11-6-7-13(18)12(10-11)17(19,20)21)15-16(26-29-25-15)22-8-4-9-23-30(2,27)28/h6-7,10,23H,3-5,8-9H2,1-2H3,(H,22,26). The number of hydrogen-bond acceptors (Lipinski definition) is 7. The Bertz CT molecular complexity index is 990. The van der Waals surface area contributed by atoms with E-state index in [1.807, 2.05) is 6.92 Å². The van der Waals surface area contributed by atoms with E-state index in [1.165, 1.54) is 0 Å². The van der Waals surface area contributed by atoms with E-state index in [0.717, 1.165) is 12.3 Å². The molecule has 0 amide bonds. The third-order valence-corrected chi connectivity index (χ3v) is 4.51. The van der Waals surface area contributed by atoms with Gasteiger partial charge in [0.1, 0.15) is 5.82 Å². The van der Waals surface area contributed by atoms with E-state index in [-0.39, 0.29) is 23.7 Å². The van der Waals surface area contributed by atoms with Gasteiger partial charge < -0.3 is 5.32 Å². The number of aliphatic imine (C=N–C) groups is 1. The van der Waals surface area contributed by atoms with Crippen molar-refractivity contribution in [1.82, 2.24) is 15.0 Å². The molecule has 0 unspecified atom stereocenters. The van der Waals surface area contributed by atoms with Crippen molar-refractivity contribution in [3.05, 3.63) is 35.3 Å². The lowest BCUT2D eigenvalue weighted by Gasteiger charge is -2.10. The molecule has 1 heterocycles. The summed E-state index contributed by atoms with van der Waals surface area (Å²) in [5.41, 5.74) is -0.964. The highest BCUT2D eigenvalue weighted by molar-refractivity contribution is 7.88. The smallest absolute Gasteiger partial charge is 0.365 e. The average Bonchev–Trinajstić information content (AvgIpc) is 3.09. The van der Waals surface area contributed by atoms with E-state index in [1.54, 1.807) is 0 Å². The van der Waals surface area contributed by atoms with Gasteiger partial charge in [0.2, 0.25) is 10.0 Å². The van der Waals surface area contributed by atoms with Gasteiger partial charge in [0, 0.05) is 13.1 Å². The lowest BCUT2D eigenvalue weighted by Crippen LogP contribution is -2.24. The summed E-state index contributed by atoms with van der Waals surface area (Å²) in [6, 6.07) is 2.47. The van der Waals surface area contributed by atoms with E-state index in [0.29, 0.717) is 43.7 Å². The summed E-state index contributed by atoms with van der Waals surface area (Å²) in [6.45, 7) is 2.38. The quantitative estimate of drug-likeness (QED) is 0.325. The van der Waals surface area contributed by atoms with E-state index in [4.69, 9.17) is 4.63 Å². The summed E-state index contributed by atoms with van der Waals surface area (Å²) in [5, 5.41) is 10.4. The van der Waals surface area contributed by atoms with Gasteiger partial charge in [0.15, 0.2) is 11.5 Å². The predicted octanol–water partition coefficient (Wildman–Crippen LogP) is 3.50. The van der Waals surface area contributed by atoms with E-state index in [2.05, 4.69) is 25.3 Å². The van der Waals surface area contributed by atoms with E-state index < -0.39 is 27.6 Å². The summed E-state index contributed by atoms with van der Waals surface area (Å²) in [6.07, 6.45) is -2.39. The van der Waals surface area contributed by atoms with Crippen molar-refractivity contribution < 1.29 is 30.6 Å². The molecule has 0 saturated heterocycles. The zero-order valence-electron chi connectivity index (χ0n) is 16.3. The van der Waals surface area contributed by atoms with Crippen LogP contribution in [0.1, 0.15) is 37.4 Å². The van der Waals surface area contributed by atoms with Crippen molar-refractivity contribution in [1.29, 1.82) is 0 Å². The molecule has 0 aliphatic carbocycles. The summed E-state index contributed by atoms with van der Waals surface area (Å²) < 4.78 is 81.5. The SMILES string of the molecule is CCCC(=Nc1ccc(F)c(C(F)(F)F)c1)c1nonc1NCCCNS(C)(=O)=O. The number of benzene rings is 1. The molecular formula is C17H21F4N5O3S. The second-order valence-corrected chi connectivity index (χ2v) is 8.21. The van der Waals surface area contributed by atoms with E-state index >= 15 is 0 Å². The zero-order valence-corrected chi connectivity index (χ0v) is 17.1. The predicted molar refractivity (Wildman–Crippen MR) is 103 cm³/mol. The Balaban J connectivity index is 2.20. The Morgan fingerprint density at radius 3 is 2.60 bits per heavy atom.